The van der Waals surface area contributed by atoms with Gasteiger partial charge in [0.1, 0.15) is 11.9 Å². The molecule has 6 rings (SSSR count). The number of thiazole rings is 1. The Morgan fingerprint density at radius 2 is 2.06 bits per heavy atom. The molecule has 9 nitrogen and oxygen atoms in total. The quantitative estimate of drug-likeness (QED) is 0.460. The van der Waals surface area contributed by atoms with Crippen molar-refractivity contribution >= 4 is 40.0 Å². The van der Waals surface area contributed by atoms with Gasteiger partial charge in [0.2, 0.25) is 11.9 Å². The number of aryl methyl sites for hydroxylation is 1. The zero-order chi connectivity index (χ0) is 24.0. The predicted octanol–water partition coefficient (Wildman–Crippen LogP) is 4.40. The van der Waals surface area contributed by atoms with E-state index in [9.17, 15) is 13.6 Å². The van der Waals surface area contributed by atoms with Crippen molar-refractivity contribution in [2.45, 2.75) is 69.2 Å². The third kappa shape index (κ3) is 4.46. The maximum absolute atomic E-state index is 14.5. The lowest BCUT2D eigenvalue weighted by Gasteiger charge is -2.24. The number of H-pyrrole nitrogens is 1. The molecule has 3 aromatic heterocycles. The largest absolute Gasteiger partial charge is 0.323 e. The lowest BCUT2D eigenvalue weighted by atomic mass is 10.0. The number of halogens is 2. The standard InChI is InChI=1S/C23H26F2N8OS/c24-23(25)11-17(20(34)30-22-26-8-9-35-22)33(12-23)21-27-15-7-3-6-14(15)19(29-21)28-18-10-16(31-32-18)13-4-1-2-5-13/h8-10,13,17H,1-7,11-12H2,(H,26,30,34)(H2,27,28,29,31,32)/t17-/m1/s1. The summed E-state index contributed by atoms with van der Waals surface area (Å²) < 4.78 is 29.0. The van der Waals surface area contributed by atoms with Crippen molar-refractivity contribution in [1.29, 1.82) is 0 Å². The van der Waals surface area contributed by atoms with Crippen LogP contribution in [0.4, 0.5) is 31.5 Å². The highest BCUT2D eigenvalue weighted by molar-refractivity contribution is 7.13. The van der Waals surface area contributed by atoms with E-state index in [2.05, 4.69) is 35.8 Å². The van der Waals surface area contributed by atoms with Crippen LogP contribution in [0.2, 0.25) is 0 Å². The van der Waals surface area contributed by atoms with Gasteiger partial charge in [-0.2, -0.15) is 10.1 Å². The number of alkyl halides is 2. The predicted molar refractivity (Wildman–Crippen MR) is 129 cm³/mol. The van der Waals surface area contributed by atoms with E-state index in [-0.39, 0.29) is 5.95 Å². The Balaban J connectivity index is 1.29. The molecule has 184 valence electrons. The maximum atomic E-state index is 14.5. The van der Waals surface area contributed by atoms with Gasteiger partial charge in [-0.25, -0.2) is 18.7 Å². The van der Waals surface area contributed by atoms with Gasteiger partial charge in [0, 0.05) is 41.2 Å². The van der Waals surface area contributed by atoms with Crippen LogP contribution in [0.15, 0.2) is 17.6 Å². The molecule has 1 aliphatic heterocycles. The van der Waals surface area contributed by atoms with Crippen molar-refractivity contribution in [3.05, 3.63) is 34.6 Å². The number of aromatic amines is 1. The van der Waals surface area contributed by atoms with Crippen LogP contribution in [0, 0.1) is 0 Å². The van der Waals surface area contributed by atoms with E-state index in [1.165, 1.54) is 29.1 Å². The molecular formula is C23H26F2N8OS. The summed E-state index contributed by atoms with van der Waals surface area (Å²) >= 11 is 1.24. The van der Waals surface area contributed by atoms with Gasteiger partial charge < -0.3 is 15.5 Å². The van der Waals surface area contributed by atoms with Crippen LogP contribution >= 0.6 is 11.3 Å². The summed E-state index contributed by atoms with van der Waals surface area (Å²) in [5.41, 5.74) is 2.92. The SMILES string of the molecule is O=C(Nc1nccs1)[C@H]1CC(F)(F)CN1c1nc2c(c(Nc3cc(C4CCCC4)[nH]n3)n1)CCC2. The van der Waals surface area contributed by atoms with Crippen LogP contribution in [0.25, 0.3) is 0 Å². The molecular weight excluding hydrogens is 474 g/mol. The van der Waals surface area contributed by atoms with Gasteiger partial charge in [-0.15, -0.1) is 11.3 Å². The minimum absolute atomic E-state index is 0.135. The molecule has 1 saturated heterocycles. The van der Waals surface area contributed by atoms with Gasteiger partial charge >= 0.3 is 0 Å². The maximum Gasteiger partial charge on any atom is 0.267 e. The van der Waals surface area contributed by atoms with Gasteiger partial charge in [0.15, 0.2) is 10.9 Å². The summed E-state index contributed by atoms with van der Waals surface area (Å²) in [6.45, 7) is -0.616. The Bertz CT molecular complexity index is 1220. The highest BCUT2D eigenvalue weighted by Crippen LogP contribution is 2.38. The number of hydrogen-bond acceptors (Lipinski definition) is 8. The lowest BCUT2D eigenvalue weighted by Crippen LogP contribution is -2.41. The first-order valence-electron chi connectivity index (χ1n) is 12.0. The van der Waals surface area contributed by atoms with Crippen LogP contribution in [0.3, 0.4) is 0 Å². The first kappa shape index (κ1) is 22.3. The van der Waals surface area contributed by atoms with E-state index in [0.717, 1.165) is 49.1 Å². The van der Waals surface area contributed by atoms with Crippen molar-refractivity contribution in [2.75, 3.05) is 22.1 Å². The van der Waals surface area contributed by atoms with E-state index in [4.69, 9.17) is 0 Å². The fourth-order valence-corrected chi connectivity index (χ4v) is 5.89. The molecule has 0 unspecified atom stereocenters. The molecule has 3 N–H and O–H groups in total. The number of rotatable bonds is 6. The van der Waals surface area contributed by atoms with Crippen molar-refractivity contribution in [3.63, 3.8) is 0 Å². The number of nitrogens with zero attached hydrogens (tertiary/aromatic N) is 5. The third-order valence-electron chi connectivity index (χ3n) is 7.05. The smallest absolute Gasteiger partial charge is 0.267 e. The molecule has 3 aromatic rings. The fourth-order valence-electron chi connectivity index (χ4n) is 5.35. The summed E-state index contributed by atoms with van der Waals surface area (Å²) in [5.74, 6) is -1.72. The summed E-state index contributed by atoms with van der Waals surface area (Å²) in [5, 5.41) is 15.6. The van der Waals surface area contributed by atoms with E-state index in [1.807, 2.05) is 6.07 Å². The first-order chi connectivity index (χ1) is 16.9. The first-order valence-corrected chi connectivity index (χ1v) is 12.9. The van der Waals surface area contributed by atoms with E-state index < -0.39 is 30.8 Å². The number of carbonyl (C=O) groups is 1. The molecule has 0 aromatic carbocycles. The highest BCUT2D eigenvalue weighted by atomic mass is 32.1. The molecule has 2 aliphatic carbocycles. The lowest BCUT2D eigenvalue weighted by molar-refractivity contribution is -0.118. The number of anilines is 4. The minimum atomic E-state index is -3.03. The van der Waals surface area contributed by atoms with Crippen LogP contribution in [0.1, 0.15) is 61.4 Å². The van der Waals surface area contributed by atoms with Crippen molar-refractivity contribution < 1.29 is 13.6 Å². The van der Waals surface area contributed by atoms with Crippen molar-refractivity contribution in [2.24, 2.45) is 0 Å². The average Bonchev–Trinajstić information content (AvgIpc) is 3.63. The Morgan fingerprint density at radius 1 is 1.20 bits per heavy atom. The topological polar surface area (TPSA) is 112 Å². The summed E-state index contributed by atoms with van der Waals surface area (Å²) in [4.78, 5) is 27.5. The van der Waals surface area contributed by atoms with Crippen molar-refractivity contribution in [1.82, 2.24) is 25.1 Å². The molecule has 1 atom stereocenters. The summed E-state index contributed by atoms with van der Waals surface area (Å²) in [6.07, 6.45) is 8.19. The second-order valence-electron chi connectivity index (χ2n) is 9.50. The highest BCUT2D eigenvalue weighted by Gasteiger charge is 2.49. The van der Waals surface area contributed by atoms with Crippen LogP contribution in [-0.4, -0.2) is 49.6 Å². The average molecular weight is 501 g/mol. The number of amides is 1. The molecule has 1 saturated carbocycles. The van der Waals surface area contributed by atoms with Crippen LogP contribution in [-0.2, 0) is 17.6 Å². The molecule has 0 spiro atoms. The van der Waals surface area contributed by atoms with Crippen LogP contribution < -0.4 is 15.5 Å². The number of hydrogen-bond donors (Lipinski definition) is 3. The number of fused-ring (bicyclic) bond motifs is 1. The molecule has 0 bridgehead atoms. The van der Waals surface area contributed by atoms with Gasteiger partial charge in [-0.3, -0.25) is 9.89 Å². The van der Waals surface area contributed by atoms with Gasteiger partial charge in [-0.05, 0) is 32.1 Å². The Hall–Kier alpha value is -3.15. The molecule has 4 heterocycles. The Kier molecular flexibility index (Phi) is 5.62. The molecule has 3 aliphatic rings. The van der Waals surface area contributed by atoms with Gasteiger partial charge in [0.05, 0.1) is 12.2 Å². The normalized spacial score (nSPS) is 21.4. The molecule has 35 heavy (non-hydrogen) atoms. The molecule has 12 heteroatoms. The van der Waals surface area contributed by atoms with Crippen molar-refractivity contribution in [3.8, 4) is 0 Å². The Labute approximate surface area is 204 Å². The van der Waals surface area contributed by atoms with E-state index in [0.29, 0.717) is 22.7 Å². The van der Waals surface area contributed by atoms with Crippen LogP contribution in [0.5, 0.6) is 0 Å². The van der Waals surface area contributed by atoms with E-state index >= 15 is 0 Å². The number of carbonyl (C=O) groups excluding carboxylic acids is 1. The molecule has 2 fully saturated rings. The van der Waals surface area contributed by atoms with E-state index in [1.54, 1.807) is 11.6 Å². The second-order valence-corrected chi connectivity index (χ2v) is 10.4. The van der Waals surface area contributed by atoms with Gasteiger partial charge in [0.25, 0.3) is 5.92 Å². The number of nitrogens with one attached hydrogen (secondary N) is 3. The minimum Gasteiger partial charge on any atom is -0.323 e. The summed E-state index contributed by atoms with van der Waals surface area (Å²) in [7, 11) is 0. The second kappa shape index (κ2) is 8.81. The zero-order valence-corrected chi connectivity index (χ0v) is 19.9. The summed E-state index contributed by atoms with van der Waals surface area (Å²) in [6, 6.07) is 0.911. The third-order valence-corrected chi connectivity index (χ3v) is 7.74. The zero-order valence-electron chi connectivity index (χ0n) is 19.1. The Morgan fingerprint density at radius 3 is 2.86 bits per heavy atom. The molecule has 0 radical (unpaired) electrons. The molecule has 1 amide bonds. The fraction of sp³-hybridized carbons (Fsp3) is 0.522. The number of aromatic nitrogens is 5. The van der Waals surface area contributed by atoms with Gasteiger partial charge in [-0.1, -0.05) is 12.8 Å². The monoisotopic (exact) mass is 500 g/mol.